The summed E-state index contributed by atoms with van der Waals surface area (Å²) in [5.41, 5.74) is 1.09. The Morgan fingerprint density at radius 1 is 1.14 bits per heavy atom. The fourth-order valence-corrected chi connectivity index (χ4v) is 0.414. The van der Waals surface area contributed by atoms with Gasteiger partial charge in [0, 0.05) is 0 Å². The molecule has 1 aliphatic rings. The van der Waals surface area contributed by atoms with Gasteiger partial charge < -0.3 is 0 Å². The van der Waals surface area contributed by atoms with Crippen LogP contribution in [-0.4, -0.2) is 29.6 Å². The van der Waals surface area contributed by atoms with Gasteiger partial charge in [-0.15, -0.1) is 0 Å². The number of hydrogen-bond donors (Lipinski definition) is 0. The molecule has 7 heavy (non-hydrogen) atoms. The Labute approximate surface area is 65.9 Å². The van der Waals surface area contributed by atoms with Crippen LogP contribution in [0.5, 0.6) is 0 Å². The molecule has 1 rings (SSSR count). The molecule has 0 atom stereocenters. The van der Waals surface area contributed by atoms with Gasteiger partial charge in [-0.05, 0) is 5.57 Å². The van der Waals surface area contributed by atoms with E-state index in [2.05, 4.69) is 6.58 Å². The fourth-order valence-electron chi connectivity index (χ4n) is 0.414. The second-order valence-electron chi connectivity index (χ2n) is 1.29. The monoisotopic (exact) mass is 102 g/mol. The van der Waals surface area contributed by atoms with E-state index >= 15 is 0 Å². The van der Waals surface area contributed by atoms with E-state index in [4.69, 9.17) is 0 Å². The Bertz CT molecular complexity index is 106. The third-order valence-electron chi connectivity index (χ3n) is 0.732. The topological polar surface area (TPSA) is 0 Å². The fraction of sp³-hybridized carbons (Fsp3) is 0. The molecule has 0 amide bonds. The maximum absolute atomic E-state index is 3.68. The van der Waals surface area contributed by atoms with Crippen LogP contribution in [0.1, 0.15) is 0 Å². The minimum absolute atomic E-state index is 0. The average molecular weight is 102 g/mol. The van der Waals surface area contributed by atoms with Crippen molar-refractivity contribution in [3.8, 4) is 0 Å². The Hall–Kier alpha value is 0.220. The Morgan fingerprint density at radius 2 is 1.57 bits per heavy atom. The van der Waals surface area contributed by atoms with Crippen LogP contribution in [-0.2, 0) is 0 Å². The van der Waals surface area contributed by atoms with Crippen molar-refractivity contribution in [3.63, 3.8) is 0 Å². The zero-order valence-electron chi connectivity index (χ0n) is 3.52. The van der Waals surface area contributed by atoms with Gasteiger partial charge in [0.1, 0.15) is 0 Å². The Balaban J connectivity index is 0.000000360. The summed E-state index contributed by atoms with van der Waals surface area (Å²) in [7, 11) is 0. The molecule has 0 heterocycles. The van der Waals surface area contributed by atoms with Gasteiger partial charge in [0.25, 0.3) is 0 Å². The van der Waals surface area contributed by atoms with Crippen molar-refractivity contribution in [2.45, 2.75) is 0 Å². The number of rotatable bonds is 0. The molecule has 32 valence electrons. The molecule has 0 saturated carbocycles. The summed E-state index contributed by atoms with van der Waals surface area (Å²) in [5.74, 6) is 0. The first kappa shape index (κ1) is 7.22. The van der Waals surface area contributed by atoms with Gasteiger partial charge >= 0.3 is 29.6 Å². The summed E-state index contributed by atoms with van der Waals surface area (Å²) in [6.45, 7) is 3.68. The van der Waals surface area contributed by atoms with E-state index in [9.17, 15) is 0 Å². The third-order valence-corrected chi connectivity index (χ3v) is 0.732. The Kier molecular flexibility index (Phi) is 3.35. The summed E-state index contributed by atoms with van der Waals surface area (Å²) in [5, 5.41) is 0. The van der Waals surface area contributed by atoms with Crippen LogP contribution >= 0.6 is 0 Å². The molecule has 1 aliphatic carbocycles. The molecule has 0 bridgehead atoms. The molecular formula is C6H7Na. The first-order valence-corrected chi connectivity index (χ1v) is 1.93. The van der Waals surface area contributed by atoms with Crippen molar-refractivity contribution in [2.75, 3.05) is 0 Å². The van der Waals surface area contributed by atoms with E-state index in [0.29, 0.717) is 0 Å². The molecule has 0 aromatic rings. The van der Waals surface area contributed by atoms with Crippen molar-refractivity contribution in [3.05, 3.63) is 36.5 Å². The summed E-state index contributed by atoms with van der Waals surface area (Å²) in [4.78, 5) is 0. The van der Waals surface area contributed by atoms with Crippen molar-refractivity contribution >= 4 is 29.6 Å². The average Bonchev–Trinajstić information content (AvgIpc) is 1.86. The molecule has 1 heteroatoms. The van der Waals surface area contributed by atoms with Crippen LogP contribution in [0, 0.1) is 0 Å². The van der Waals surface area contributed by atoms with Crippen LogP contribution in [0.2, 0.25) is 0 Å². The number of allylic oxidation sites excluding steroid dienone is 5. The molecule has 0 spiro atoms. The van der Waals surface area contributed by atoms with Gasteiger partial charge in [-0.1, -0.05) is 30.9 Å². The van der Waals surface area contributed by atoms with Gasteiger partial charge in [-0.25, -0.2) is 0 Å². The molecule has 0 aliphatic heterocycles. The molecule has 0 aromatic carbocycles. The van der Waals surface area contributed by atoms with Gasteiger partial charge in [-0.3, -0.25) is 0 Å². The van der Waals surface area contributed by atoms with Crippen LogP contribution in [0.15, 0.2) is 36.5 Å². The van der Waals surface area contributed by atoms with Crippen LogP contribution in [0.4, 0.5) is 0 Å². The zero-order chi connectivity index (χ0) is 4.41. The molecule has 0 saturated heterocycles. The summed E-state index contributed by atoms with van der Waals surface area (Å²) < 4.78 is 0. The first-order chi connectivity index (χ1) is 2.89. The van der Waals surface area contributed by atoms with E-state index in [1.807, 2.05) is 24.3 Å². The molecule has 0 unspecified atom stereocenters. The molecule has 0 aromatic heterocycles. The predicted molar refractivity (Wildman–Crippen MR) is 34.6 cm³/mol. The number of hydrogen-bond acceptors (Lipinski definition) is 0. The van der Waals surface area contributed by atoms with Gasteiger partial charge in [0.05, 0.1) is 0 Å². The van der Waals surface area contributed by atoms with Crippen LogP contribution in [0.25, 0.3) is 0 Å². The van der Waals surface area contributed by atoms with Crippen LogP contribution in [0.3, 0.4) is 0 Å². The van der Waals surface area contributed by atoms with E-state index in [1.165, 1.54) is 0 Å². The second kappa shape index (κ2) is 3.25. The van der Waals surface area contributed by atoms with E-state index < -0.39 is 0 Å². The van der Waals surface area contributed by atoms with Gasteiger partial charge in [0.15, 0.2) is 0 Å². The third kappa shape index (κ3) is 2.12. The van der Waals surface area contributed by atoms with E-state index in [-0.39, 0.29) is 29.6 Å². The molecular weight excluding hydrogens is 95.1 g/mol. The first-order valence-electron chi connectivity index (χ1n) is 1.93. The quantitative estimate of drug-likeness (QED) is 0.400. The van der Waals surface area contributed by atoms with Crippen molar-refractivity contribution in [1.82, 2.24) is 0 Å². The van der Waals surface area contributed by atoms with Gasteiger partial charge in [0.2, 0.25) is 0 Å². The molecule has 0 fully saturated rings. The molecule has 0 N–H and O–H groups in total. The predicted octanol–water partition coefficient (Wildman–Crippen LogP) is 1.02. The van der Waals surface area contributed by atoms with E-state index in [1.54, 1.807) is 0 Å². The summed E-state index contributed by atoms with van der Waals surface area (Å²) in [6, 6.07) is 0. The van der Waals surface area contributed by atoms with Gasteiger partial charge in [-0.2, -0.15) is 0 Å². The van der Waals surface area contributed by atoms with Crippen molar-refractivity contribution < 1.29 is 0 Å². The van der Waals surface area contributed by atoms with Crippen molar-refractivity contribution in [1.29, 1.82) is 0 Å². The normalized spacial score (nSPS) is 14.6. The van der Waals surface area contributed by atoms with Crippen LogP contribution < -0.4 is 0 Å². The Morgan fingerprint density at radius 3 is 1.71 bits per heavy atom. The molecule has 0 radical (unpaired) electrons. The zero-order valence-corrected chi connectivity index (χ0v) is 3.52. The summed E-state index contributed by atoms with van der Waals surface area (Å²) in [6.07, 6.45) is 7.89. The SMILES string of the molecule is C=C1C=CC=C1.[NaH]. The standard InChI is InChI=1S/C6H6.Na.H/c1-6-4-2-3-5-6;;/h2-5H,1H2;;. The summed E-state index contributed by atoms with van der Waals surface area (Å²) >= 11 is 0. The van der Waals surface area contributed by atoms with E-state index in [0.717, 1.165) is 5.57 Å². The van der Waals surface area contributed by atoms with Crippen molar-refractivity contribution in [2.24, 2.45) is 0 Å². The minimum atomic E-state index is 0. The maximum atomic E-state index is 3.68. The second-order valence-corrected chi connectivity index (χ2v) is 1.29. The molecule has 0 nitrogen and oxygen atoms in total.